The fraction of sp³-hybridized carbons (Fsp3) is 0.706. The van der Waals surface area contributed by atoms with Gasteiger partial charge in [0.05, 0.1) is 24.7 Å². The maximum Gasteiger partial charge on any atom is 0.326 e. The average Bonchev–Trinajstić information content (AvgIpc) is 2.60. The second kappa shape index (κ2) is 12.0. The molecule has 0 aromatic carbocycles. The van der Waals surface area contributed by atoms with Crippen molar-refractivity contribution in [2.45, 2.75) is 70.5 Å². The van der Waals surface area contributed by atoms with Crippen LogP contribution in [0.3, 0.4) is 0 Å². The van der Waals surface area contributed by atoms with E-state index in [1.54, 1.807) is 13.8 Å². The molecular formula is C17H31N5O8. The smallest absolute Gasteiger partial charge is 0.326 e. The highest BCUT2D eigenvalue weighted by Gasteiger charge is 2.34. The molecule has 0 aliphatic rings. The molecule has 0 saturated carbocycles. The molecule has 0 aromatic heterocycles. The van der Waals surface area contributed by atoms with E-state index in [4.69, 9.17) is 16.6 Å². The van der Waals surface area contributed by atoms with Gasteiger partial charge in [-0.05, 0) is 19.8 Å². The SMILES string of the molecule is CC(C)C(N)C(=O)NC(C(=O)NC(C(=O)NC(CC(N)=O)C(=O)O)C(C)O)C(C)O. The Hall–Kier alpha value is -2.77. The number of carbonyl (C=O) groups excluding carboxylic acids is 4. The number of aliphatic hydroxyl groups excluding tert-OH is 2. The number of hydrogen-bond acceptors (Lipinski definition) is 8. The summed E-state index contributed by atoms with van der Waals surface area (Å²) in [6.07, 6.45) is -3.58. The van der Waals surface area contributed by atoms with Crippen LogP contribution in [-0.2, 0) is 24.0 Å². The quantitative estimate of drug-likeness (QED) is 0.150. The van der Waals surface area contributed by atoms with Gasteiger partial charge in [-0.1, -0.05) is 13.8 Å². The average molecular weight is 433 g/mol. The van der Waals surface area contributed by atoms with Gasteiger partial charge in [0.25, 0.3) is 0 Å². The fourth-order valence-electron chi connectivity index (χ4n) is 2.27. The lowest BCUT2D eigenvalue weighted by atomic mass is 10.0. The molecule has 4 amide bonds. The van der Waals surface area contributed by atoms with E-state index in [9.17, 15) is 34.2 Å². The molecule has 30 heavy (non-hydrogen) atoms. The molecule has 0 spiro atoms. The topological polar surface area (TPSA) is 234 Å². The lowest BCUT2D eigenvalue weighted by molar-refractivity contribution is -0.144. The highest BCUT2D eigenvalue weighted by atomic mass is 16.4. The second-order valence-corrected chi connectivity index (χ2v) is 7.29. The molecule has 6 atom stereocenters. The summed E-state index contributed by atoms with van der Waals surface area (Å²) in [7, 11) is 0. The van der Waals surface area contributed by atoms with Crippen LogP contribution >= 0.6 is 0 Å². The van der Waals surface area contributed by atoms with Gasteiger partial charge in [-0.3, -0.25) is 19.2 Å². The molecule has 0 fully saturated rings. The number of aliphatic carboxylic acids is 1. The van der Waals surface area contributed by atoms with Crippen LogP contribution in [0.15, 0.2) is 0 Å². The molecule has 0 aliphatic heterocycles. The number of rotatable bonds is 12. The Morgan fingerprint density at radius 1 is 0.800 bits per heavy atom. The van der Waals surface area contributed by atoms with Gasteiger partial charge in [0.1, 0.15) is 18.1 Å². The molecule has 0 heterocycles. The van der Waals surface area contributed by atoms with Gasteiger partial charge in [0.2, 0.25) is 23.6 Å². The van der Waals surface area contributed by atoms with Gasteiger partial charge < -0.3 is 42.7 Å². The van der Waals surface area contributed by atoms with Crippen LogP contribution in [0.4, 0.5) is 0 Å². The Bertz CT molecular complexity index is 652. The Morgan fingerprint density at radius 2 is 1.20 bits per heavy atom. The van der Waals surface area contributed by atoms with Crippen LogP contribution < -0.4 is 27.4 Å². The Kier molecular flexibility index (Phi) is 10.9. The van der Waals surface area contributed by atoms with Gasteiger partial charge in [0, 0.05) is 0 Å². The monoisotopic (exact) mass is 433 g/mol. The molecule has 0 bridgehead atoms. The maximum atomic E-state index is 12.5. The van der Waals surface area contributed by atoms with Crippen LogP contribution in [0.1, 0.15) is 34.1 Å². The van der Waals surface area contributed by atoms with Gasteiger partial charge in [-0.25, -0.2) is 4.79 Å². The van der Waals surface area contributed by atoms with E-state index in [-0.39, 0.29) is 5.92 Å². The normalized spacial score (nSPS) is 17.1. The highest BCUT2D eigenvalue weighted by Crippen LogP contribution is 2.03. The summed E-state index contributed by atoms with van der Waals surface area (Å²) in [5, 5.41) is 35.2. The molecule has 0 aromatic rings. The first-order valence-electron chi connectivity index (χ1n) is 9.22. The van der Waals surface area contributed by atoms with Gasteiger partial charge >= 0.3 is 5.97 Å². The zero-order valence-corrected chi connectivity index (χ0v) is 17.3. The van der Waals surface area contributed by atoms with Crippen molar-refractivity contribution in [2.75, 3.05) is 0 Å². The largest absolute Gasteiger partial charge is 0.480 e. The van der Waals surface area contributed by atoms with Crippen molar-refractivity contribution in [3.8, 4) is 0 Å². The Morgan fingerprint density at radius 3 is 1.53 bits per heavy atom. The van der Waals surface area contributed by atoms with E-state index >= 15 is 0 Å². The Labute approximate surface area is 173 Å². The number of aliphatic hydroxyl groups is 2. The van der Waals surface area contributed by atoms with E-state index in [1.807, 2.05) is 5.32 Å². The number of primary amides is 1. The number of nitrogens with one attached hydrogen (secondary N) is 3. The van der Waals surface area contributed by atoms with Crippen molar-refractivity contribution in [1.29, 1.82) is 0 Å². The van der Waals surface area contributed by atoms with Crippen LogP contribution in [0.2, 0.25) is 0 Å². The first kappa shape index (κ1) is 27.2. The molecule has 10 N–H and O–H groups in total. The molecular weight excluding hydrogens is 402 g/mol. The second-order valence-electron chi connectivity index (χ2n) is 7.29. The maximum absolute atomic E-state index is 12.5. The van der Waals surface area contributed by atoms with E-state index in [0.29, 0.717) is 0 Å². The van der Waals surface area contributed by atoms with Crippen LogP contribution in [-0.4, -0.2) is 81.3 Å². The zero-order valence-electron chi connectivity index (χ0n) is 17.3. The number of carboxylic acid groups (broad SMARTS) is 1. The molecule has 172 valence electrons. The number of carbonyl (C=O) groups is 5. The summed E-state index contributed by atoms with van der Waals surface area (Å²) in [5.74, 6) is -5.62. The summed E-state index contributed by atoms with van der Waals surface area (Å²) >= 11 is 0. The molecule has 0 saturated heterocycles. The zero-order chi connectivity index (χ0) is 23.8. The first-order valence-corrected chi connectivity index (χ1v) is 9.22. The van der Waals surface area contributed by atoms with E-state index in [1.165, 1.54) is 6.92 Å². The third kappa shape index (κ3) is 8.71. The summed E-state index contributed by atoms with van der Waals surface area (Å²) in [4.78, 5) is 59.1. The summed E-state index contributed by atoms with van der Waals surface area (Å²) in [5.41, 5.74) is 10.6. The van der Waals surface area contributed by atoms with Gasteiger partial charge in [-0.2, -0.15) is 0 Å². The minimum absolute atomic E-state index is 0.253. The molecule has 0 aliphatic carbocycles. The predicted octanol–water partition coefficient (Wildman–Crippen LogP) is -3.85. The van der Waals surface area contributed by atoms with Gasteiger partial charge in [-0.15, -0.1) is 0 Å². The standard InChI is InChI=1S/C17H31N5O8/c1-6(2)11(19)14(26)21-13(8(4)24)16(28)22-12(7(3)23)15(27)20-9(17(29)30)5-10(18)25/h6-9,11-13,23-24H,5,19H2,1-4H3,(H2,18,25)(H,20,27)(H,21,26)(H,22,28)(H,29,30). The molecule has 0 radical (unpaired) electrons. The lowest BCUT2D eigenvalue weighted by Gasteiger charge is -2.27. The number of hydrogen-bond donors (Lipinski definition) is 8. The minimum atomic E-state index is -1.68. The van der Waals surface area contributed by atoms with Crippen molar-refractivity contribution < 1.29 is 39.3 Å². The van der Waals surface area contributed by atoms with Crippen LogP contribution in [0.5, 0.6) is 0 Å². The predicted molar refractivity (Wildman–Crippen MR) is 103 cm³/mol. The highest BCUT2D eigenvalue weighted by molar-refractivity contribution is 5.95. The van der Waals surface area contributed by atoms with Crippen molar-refractivity contribution in [2.24, 2.45) is 17.4 Å². The summed E-state index contributed by atoms with van der Waals surface area (Å²) < 4.78 is 0. The number of nitrogens with two attached hydrogens (primary N) is 2. The third-order valence-corrected chi connectivity index (χ3v) is 4.17. The molecule has 13 heteroatoms. The summed E-state index contributed by atoms with van der Waals surface area (Å²) in [6.45, 7) is 5.73. The fourth-order valence-corrected chi connectivity index (χ4v) is 2.27. The minimum Gasteiger partial charge on any atom is -0.480 e. The van der Waals surface area contributed by atoms with Crippen molar-refractivity contribution >= 4 is 29.6 Å². The van der Waals surface area contributed by atoms with Crippen LogP contribution in [0.25, 0.3) is 0 Å². The van der Waals surface area contributed by atoms with Crippen molar-refractivity contribution in [3.05, 3.63) is 0 Å². The molecule has 6 unspecified atom stereocenters. The third-order valence-electron chi connectivity index (χ3n) is 4.17. The molecule has 13 nitrogen and oxygen atoms in total. The van der Waals surface area contributed by atoms with E-state index in [0.717, 1.165) is 6.92 Å². The van der Waals surface area contributed by atoms with Gasteiger partial charge in [0.15, 0.2) is 0 Å². The lowest BCUT2D eigenvalue weighted by Crippen LogP contribution is -2.62. The van der Waals surface area contributed by atoms with E-state index in [2.05, 4.69) is 10.6 Å². The number of carboxylic acids is 1. The Balaban J connectivity index is 5.39. The van der Waals surface area contributed by atoms with Crippen LogP contribution in [0, 0.1) is 5.92 Å². The summed E-state index contributed by atoms with van der Waals surface area (Å²) in [6, 6.07) is -5.79. The first-order chi connectivity index (χ1) is 13.7. The van der Waals surface area contributed by atoms with Crippen molar-refractivity contribution in [3.63, 3.8) is 0 Å². The van der Waals surface area contributed by atoms with E-state index < -0.39 is 72.4 Å². The molecule has 0 rings (SSSR count). The van der Waals surface area contributed by atoms with Crippen molar-refractivity contribution in [1.82, 2.24) is 16.0 Å². The number of amides is 4.